The summed E-state index contributed by atoms with van der Waals surface area (Å²) in [5, 5.41) is 8.72. The number of carboxylic acids is 1. The van der Waals surface area contributed by atoms with Crippen LogP contribution in [0.3, 0.4) is 0 Å². The van der Waals surface area contributed by atoms with Crippen molar-refractivity contribution in [2.24, 2.45) is 5.41 Å². The molecule has 1 atom stereocenters. The fourth-order valence-corrected chi connectivity index (χ4v) is 1.28. The maximum Gasteiger partial charge on any atom is 0.330 e. The van der Waals surface area contributed by atoms with Crippen LogP contribution in [0, 0.1) is 5.41 Å². The van der Waals surface area contributed by atoms with Gasteiger partial charge < -0.3 is 14.6 Å². The van der Waals surface area contributed by atoms with Crippen LogP contribution in [0.25, 0.3) is 0 Å². The van der Waals surface area contributed by atoms with Gasteiger partial charge in [-0.25, -0.2) is 4.79 Å². The molecule has 0 spiro atoms. The van der Waals surface area contributed by atoms with E-state index in [-0.39, 0.29) is 19.4 Å². The number of carboxylic acid groups (broad SMARTS) is 1. The van der Waals surface area contributed by atoms with Gasteiger partial charge in [0.1, 0.15) is 0 Å². The van der Waals surface area contributed by atoms with Gasteiger partial charge in [-0.3, -0.25) is 9.59 Å². The highest BCUT2D eigenvalue weighted by Gasteiger charge is 2.36. The summed E-state index contributed by atoms with van der Waals surface area (Å²) < 4.78 is 9.24. The standard InChI is InChI=1S/C11H16O6/c1-4-9(14)17-6-5-11(2,7-8(12)13)10(15)16-3/h4H,1,5-7H2,2-3H3,(H,12,13). The van der Waals surface area contributed by atoms with Gasteiger partial charge in [-0.05, 0) is 13.3 Å². The Hall–Kier alpha value is -1.85. The molecule has 0 saturated carbocycles. The quantitative estimate of drug-likeness (QED) is 0.525. The van der Waals surface area contributed by atoms with E-state index in [1.165, 1.54) is 14.0 Å². The lowest BCUT2D eigenvalue weighted by Crippen LogP contribution is -2.33. The zero-order chi connectivity index (χ0) is 13.5. The number of esters is 2. The number of carbonyl (C=O) groups excluding carboxylic acids is 2. The molecule has 0 aromatic carbocycles. The minimum atomic E-state index is -1.21. The van der Waals surface area contributed by atoms with E-state index in [1.807, 2.05) is 0 Å². The molecule has 0 rings (SSSR count). The van der Waals surface area contributed by atoms with Gasteiger partial charge in [-0.1, -0.05) is 6.58 Å². The first-order chi connectivity index (χ1) is 7.85. The number of rotatable bonds is 7. The summed E-state index contributed by atoms with van der Waals surface area (Å²) in [6.45, 7) is 4.60. The molecule has 17 heavy (non-hydrogen) atoms. The van der Waals surface area contributed by atoms with Crippen LogP contribution in [0.1, 0.15) is 19.8 Å². The Morgan fingerprint density at radius 2 is 2.00 bits per heavy atom. The Balaban J connectivity index is 4.49. The number of ether oxygens (including phenoxy) is 2. The predicted octanol–water partition coefficient (Wildman–Crippen LogP) is 0.760. The lowest BCUT2D eigenvalue weighted by atomic mass is 9.83. The first-order valence-electron chi connectivity index (χ1n) is 4.95. The minimum absolute atomic E-state index is 0.0657. The summed E-state index contributed by atoms with van der Waals surface area (Å²) in [7, 11) is 1.18. The topological polar surface area (TPSA) is 89.9 Å². The molecule has 6 nitrogen and oxygen atoms in total. The molecule has 0 aliphatic rings. The average Bonchev–Trinajstić information content (AvgIpc) is 2.26. The smallest absolute Gasteiger partial charge is 0.330 e. The summed E-state index contributed by atoms with van der Waals surface area (Å²) in [6, 6.07) is 0. The van der Waals surface area contributed by atoms with Gasteiger partial charge in [0.05, 0.1) is 25.6 Å². The third-order valence-corrected chi connectivity index (χ3v) is 2.28. The van der Waals surface area contributed by atoms with Crippen molar-refractivity contribution in [2.45, 2.75) is 19.8 Å². The van der Waals surface area contributed by atoms with Crippen molar-refractivity contribution in [3.05, 3.63) is 12.7 Å². The lowest BCUT2D eigenvalue weighted by molar-refractivity contribution is -0.159. The van der Waals surface area contributed by atoms with Gasteiger partial charge >= 0.3 is 17.9 Å². The Morgan fingerprint density at radius 1 is 1.41 bits per heavy atom. The van der Waals surface area contributed by atoms with E-state index >= 15 is 0 Å². The number of carbonyl (C=O) groups is 3. The van der Waals surface area contributed by atoms with Gasteiger partial charge in [0, 0.05) is 6.08 Å². The summed E-state index contributed by atoms with van der Waals surface area (Å²) in [4.78, 5) is 32.9. The predicted molar refractivity (Wildman–Crippen MR) is 58.1 cm³/mol. The molecule has 1 N–H and O–H groups in total. The number of aliphatic carboxylic acids is 1. The first-order valence-corrected chi connectivity index (χ1v) is 4.95. The Kier molecular flexibility index (Phi) is 5.95. The molecule has 0 radical (unpaired) electrons. The third kappa shape index (κ3) is 5.14. The summed E-state index contributed by atoms with van der Waals surface area (Å²) >= 11 is 0. The Labute approximate surface area is 99.2 Å². The highest BCUT2D eigenvalue weighted by atomic mass is 16.5. The van der Waals surface area contributed by atoms with E-state index in [1.54, 1.807) is 0 Å². The van der Waals surface area contributed by atoms with E-state index in [9.17, 15) is 14.4 Å². The van der Waals surface area contributed by atoms with Crippen molar-refractivity contribution in [3.63, 3.8) is 0 Å². The highest BCUT2D eigenvalue weighted by Crippen LogP contribution is 2.27. The molecular weight excluding hydrogens is 228 g/mol. The van der Waals surface area contributed by atoms with Gasteiger partial charge in [0.2, 0.25) is 0 Å². The maximum absolute atomic E-state index is 11.5. The first kappa shape index (κ1) is 15.2. The van der Waals surface area contributed by atoms with Gasteiger partial charge in [0.15, 0.2) is 0 Å². The van der Waals surface area contributed by atoms with Crippen molar-refractivity contribution in [1.82, 2.24) is 0 Å². The SMILES string of the molecule is C=CC(=O)OCCC(C)(CC(=O)O)C(=O)OC. The molecule has 96 valence electrons. The van der Waals surface area contributed by atoms with Crippen LogP contribution in [-0.4, -0.2) is 36.7 Å². The number of hydrogen-bond acceptors (Lipinski definition) is 5. The summed E-state index contributed by atoms with van der Waals surface area (Å²) in [6.07, 6.45) is 0.684. The molecule has 0 amide bonds. The molecule has 0 saturated heterocycles. The molecule has 0 bridgehead atoms. The van der Waals surface area contributed by atoms with Crippen LogP contribution in [0.5, 0.6) is 0 Å². The highest BCUT2D eigenvalue weighted by molar-refractivity contribution is 5.83. The second-order valence-electron chi connectivity index (χ2n) is 3.74. The van der Waals surface area contributed by atoms with Gasteiger partial charge in [-0.15, -0.1) is 0 Å². The normalized spacial score (nSPS) is 13.3. The number of methoxy groups -OCH3 is 1. The number of hydrogen-bond donors (Lipinski definition) is 1. The van der Waals surface area contributed by atoms with E-state index in [0.717, 1.165) is 6.08 Å². The second-order valence-corrected chi connectivity index (χ2v) is 3.74. The van der Waals surface area contributed by atoms with Crippen LogP contribution in [0.15, 0.2) is 12.7 Å². The average molecular weight is 244 g/mol. The Bertz CT molecular complexity index is 322. The molecule has 0 aliphatic heterocycles. The largest absolute Gasteiger partial charge is 0.481 e. The van der Waals surface area contributed by atoms with Crippen LogP contribution < -0.4 is 0 Å². The monoisotopic (exact) mass is 244 g/mol. The lowest BCUT2D eigenvalue weighted by Gasteiger charge is -2.24. The fourth-order valence-electron chi connectivity index (χ4n) is 1.28. The van der Waals surface area contributed by atoms with Gasteiger partial charge in [-0.2, -0.15) is 0 Å². The van der Waals surface area contributed by atoms with Crippen LogP contribution in [-0.2, 0) is 23.9 Å². The zero-order valence-electron chi connectivity index (χ0n) is 9.89. The molecule has 0 aromatic rings. The van der Waals surface area contributed by atoms with Crippen LogP contribution in [0.4, 0.5) is 0 Å². The van der Waals surface area contributed by atoms with Crippen molar-refractivity contribution >= 4 is 17.9 Å². The van der Waals surface area contributed by atoms with Crippen molar-refractivity contribution in [3.8, 4) is 0 Å². The van der Waals surface area contributed by atoms with Crippen molar-refractivity contribution < 1.29 is 29.0 Å². The maximum atomic E-state index is 11.5. The molecule has 0 heterocycles. The summed E-state index contributed by atoms with van der Waals surface area (Å²) in [5.41, 5.74) is -1.21. The fraction of sp³-hybridized carbons (Fsp3) is 0.545. The molecule has 0 aromatic heterocycles. The third-order valence-electron chi connectivity index (χ3n) is 2.28. The second kappa shape index (κ2) is 6.67. The van der Waals surface area contributed by atoms with Crippen molar-refractivity contribution in [2.75, 3.05) is 13.7 Å². The molecular formula is C11H16O6. The van der Waals surface area contributed by atoms with E-state index < -0.39 is 23.3 Å². The summed E-state index contributed by atoms with van der Waals surface area (Å²) in [5.74, 6) is -2.38. The van der Waals surface area contributed by atoms with Crippen molar-refractivity contribution in [1.29, 1.82) is 0 Å². The van der Waals surface area contributed by atoms with E-state index in [4.69, 9.17) is 9.84 Å². The van der Waals surface area contributed by atoms with E-state index in [2.05, 4.69) is 11.3 Å². The molecule has 6 heteroatoms. The Morgan fingerprint density at radius 3 is 2.41 bits per heavy atom. The van der Waals surface area contributed by atoms with Crippen LogP contribution >= 0.6 is 0 Å². The van der Waals surface area contributed by atoms with Gasteiger partial charge in [0.25, 0.3) is 0 Å². The van der Waals surface area contributed by atoms with Crippen LogP contribution in [0.2, 0.25) is 0 Å². The minimum Gasteiger partial charge on any atom is -0.481 e. The molecule has 1 unspecified atom stereocenters. The zero-order valence-corrected chi connectivity index (χ0v) is 9.89. The molecule has 0 fully saturated rings. The molecule has 0 aliphatic carbocycles. The van der Waals surface area contributed by atoms with E-state index in [0.29, 0.717) is 0 Å².